The Morgan fingerprint density at radius 3 is 2.62 bits per heavy atom. The van der Waals surface area contributed by atoms with Crippen LogP contribution in [0.15, 0.2) is 12.1 Å². The number of hydrogen-bond donors (Lipinski definition) is 1. The summed E-state index contributed by atoms with van der Waals surface area (Å²) < 4.78 is 0. The maximum absolute atomic E-state index is 10.5. The molecule has 0 aliphatic heterocycles. The first-order chi connectivity index (χ1) is 6.07. The number of aldehydes is 1. The summed E-state index contributed by atoms with van der Waals surface area (Å²) in [5.41, 5.74) is 5.80. The number of benzene rings is 1. The Morgan fingerprint density at radius 1 is 1.54 bits per heavy atom. The number of anilines is 1. The van der Waals surface area contributed by atoms with Crippen LogP contribution in [0.2, 0.25) is 0 Å². The standard InChI is InChI=1S/C8H8N2O3/c1-5-2-3-6(4-11)8(7(5)9)10(12)13/h2-4H,9H2,1H3. The molecule has 13 heavy (non-hydrogen) atoms. The third-order valence-electron chi connectivity index (χ3n) is 1.78. The zero-order chi connectivity index (χ0) is 10.0. The Morgan fingerprint density at radius 2 is 2.15 bits per heavy atom. The van der Waals surface area contributed by atoms with Crippen molar-refractivity contribution in [1.29, 1.82) is 0 Å². The third kappa shape index (κ3) is 1.48. The summed E-state index contributed by atoms with van der Waals surface area (Å²) >= 11 is 0. The van der Waals surface area contributed by atoms with Gasteiger partial charge in [0.25, 0.3) is 0 Å². The van der Waals surface area contributed by atoms with Crippen LogP contribution in [0.1, 0.15) is 15.9 Å². The molecule has 68 valence electrons. The van der Waals surface area contributed by atoms with E-state index in [-0.39, 0.29) is 16.9 Å². The fraction of sp³-hybridized carbons (Fsp3) is 0.125. The van der Waals surface area contributed by atoms with Gasteiger partial charge in [0.1, 0.15) is 5.69 Å². The van der Waals surface area contributed by atoms with Gasteiger partial charge in [-0.3, -0.25) is 14.9 Å². The van der Waals surface area contributed by atoms with Gasteiger partial charge in [0.15, 0.2) is 6.29 Å². The molecule has 0 saturated carbocycles. The van der Waals surface area contributed by atoms with E-state index >= 15 is 0 Å². The molecule has 0 aliphatic rings. The fourth-order valence-corrected chi connectivity index (χ4v) is 1.02. The van der Waals surface area contributed by atoms with Crippen LogP contribution >= 0.6 is 0 Å². The summed E-state index contributed by atoms with van der Waals surface area (Å²) in [6.07, 6.45) is 0.425. The highest BCUT2D eigenvalue weighted by atomic mass is 16.6. The summed E-state index contributed by atoms with van der Waals surface area (Å²) in [5.74, 6) is 0. The molecule has 0 spiro atoms. The Balaban J connectivity index is 3.50. The minimum absolute atomic E-state index is 0.00750. The quantitative estimate of drug-likeness (QED) is 0.321. The number of nitrogens with zero attached hydrogens (tertiary/aromatic N) is 1. The zero-order valence-electron chi connectivity index (χ0n) is 6.98. The number of nitro groups is 1. The molecule has 1 aromatic carbocycles. The molecule has 0 bridgehead atoms. The van der Waals surface area contributed by atoms with Crippen molar-refractivity contribution in [3.8, 4) is 0 Å². The molecule has 0 unspecified atom stereocenters. The van der Waals surface area contributed by atoms with Crippen molar-refractivity contribution < 1.29 is 9.72 Å². The van der Waals surface area contributed by atoms with Crippen LogP contribution < -0.4 is 5.73 Å². The van der Waals surface area contributed by atoms with Crippen LogP contribution in [0.3, 0.4) is 0 Å². The summed E-state index contributed by atoms with van der Waals surface area (Å²) in [5, 5.41) is 10.5. The number of nitrogens with two attached hydrogens (primary N) is 1. The Labute approximate surface area is 74.3 Å². The topological polar surface area (TPSA) is 86.2 Å². The second kappa shape index (κ2) is 3.22. The minimum Gasteiger partial charge on any atom is -0.393 e. The van der Waals surface area contributed by atoms with Gasteiger partial charge in [-0.2, -0.15) is 0 Å². The predicted octanol–water partition coefficient (Wildman–Crippen LogP) is 1.30. The van der Waals surface area contributed by atoms with Gasteiger partial charge in [-0.05, 0) is 18.6 Å². The lowest BCUT2D eigenvalue weighted by Crippen LogP contribution is -2.01. The van der Waals surface area contributed by atoms with Gasteiger partial charge in [-0.15, -0.1) is 0 Å². The molecule has 0 aromatic heterocycles. The Bertz CT molecular complexity index is 374. The molecule has 5 nitrogen and oxygen atoms in total. The normalized spacial score (nSPS) is 9.62. The molecule has 0 radical (unpaired) electrons. The maximum Gasteiger partial charge on any atom is 0.302 e. The SMILES string of the molecule is Cc1ccc(C=O)c([N+](=O)[O-])c1N. The summed E-state index contributed by atoms with van der Waals surface area (Å²) in [7, 11) is 0. The number of hydrogen-bond acceptors (Lipinski definition) is 4. The van der Waals surface area contributed by atoms with E-state index < -0.39 is 4.92 Å². The van der Waals surface area contributed by atoms with Crippen molar-refractivity contribution in [2.24, 2.45) is 0 Å². The summed E-state index contributed by atoms with van der Waals surface area (Å²) in [6.45, 7) is 1.65. The van der Waals surface area contributed by atoms with Crippen molar-refractivity contribution in [3.63, 3.8) is 0 Å². The van der Waals surface area contributed by atoms with Gasteiger partial charge in [-0.1, -0.05) is 6.07 Å². The molecular weight excluding hydrogens is 172 g/mol. The molecule has 0 atom stereocenters. The average Bonchev–Trinajstić information content (AvgIpc) is 2.08. The number of carbonyl (C=O) groups is 1. The van der Waals surface area contributed by atoms with Crippen molar-refractivity contribution in [1.82, 2.24) is 0 Å². The minimum atomic E-state index is -0.647. The lowest BCUT2D eigenvalue weighted by Gasteiger charge is -2.02. The Hall–Kier alpha value is -1.91. The summed E-state index contributed by atoms with van der Waals surface area (Å²) in [6, 6.07) is 2.96. The molecule has 0 amide bonds. The van der Waals surface area contributed by atoms with Crippen LogP contribution in [0.4, 0.5) is 11.4 Å². The van der Waals surface area contributed by atoms with E-state index in [4.69, 9.17) is 5.73 Å². The number of rotatable bonds is 2. The molecule has 0 heterocycles. The fourth-order valence-electron chi connectivity index (χ4n) is 1.02. The van der Waals surface area contributed by atoms with Gasteiger partial charge < -0.3 is 5.73 Å². The molecule has 5 heteroatoms. The van der Waals surface area contributed by atoms with Crippen molar-refractivity contribution >= 4 is 17.7 Å². The highest BCUT2D eigenvalue weighted by Crippen LogP contribution is 2.27. The van der Waals surface area contributed by atoms with Crippen molar-refractivity contribution in [3.05, 3.63) is 33.4 Å². The maximum atomic E-state index is 10.5. The van der Waals surface area contributed by atoms with Crippen molar-refractivity contribution in [2.45, 2.75) is 6.92 Å². The molecule has 0 saturated heterocycles. The summed E-state index contributed by atoms with van der Waals surface area (Å²) in [4.78, 5) is 20.3. The van der Waals surface area contributed by atoms with Crippen LogP contribution in [-0.4, -0.2) is 11.2 Å². The van der Waals surface area contributed by atoms with Crippen LogP contribution in [0, 0.1) is 17.0 Å². The molecule has 2 N–H and O–H groups in total. The second-order valence-electron chi connectivity index (χ2n) is 2.61. The number of carbonyl (C=O) groups excluding carboxylic acids is 1. The van der Waals surface area contributed by atoms with Crippen LogP contribution in [0.25, 0.3) is 0 Å². The van der Waals surface area contributed by atoms with E-state index in [1.54, 1.807) is 13.0 Å². The number of aryl methyl sites for hydroxylation is 1. The number of nitrogen functional groups attached to an aromatic ring is 1. The highest BCUT2D eigenvalue weighted by Gasteiger charge is 2.18. The predicted molar refractivity (Wildman–Crippen MR) is 47.6 cm³/mol. The zero-order valence-corrected chi connectivity index (χ0v) is 6.98. The van der Waals surface area contributed by atoms with Gasteiger partial charge in [-0.25, -0.2) is 0 Å². The first kappa shape index (κ1) is 9.18. The monoisotopic (exact) mass is 180 g/mol. The first-order valence-corrected chi connectivity index (χ1v) is 3.56. The highest BCUT2D eigenvalue weighted by molar-refractivity contribution is 5.86. The van der Waals surface area contributed by atoms with Gasteiger partial charge in [0.2, 0.25) is 0 Å². The van der Waals surface area contributed by atoms with E-state index in [1.807, 2.05) is 0 Å². The first-order valence-electron chi connectivity index (χ1n) is 3.56. The molecule has 0 aliphatic carbocycles. The molecule has 1 aromatic rings. The van der Waals surface area contributed by atoms with Crippen LogP contribution in [0.5, 0.6) is 0 Å². The lowest BCUT2D eigenvalue weighted by molar-refractivity contribution is -0.384. The van der Waals surface area contributed by atoms with E-state index in [0.29, 0.717) is 11.8 Å². The largest absolute Gasteiger partial charge is 0.393 e. The van der Waals surface area contributed by atoms with E-state index in [1.165, 1.54) is 6.07 Å². The van der Waals surface area contributed by atoms with Gasteiger partial charge in [0, 0.05) is 0 Å². The number of nitro benzene ring substituents is 1. The van der Waals surface area contributed by atoms with E-state index in [9.17, 15) is 14.9 Å². The molecular formula is C8H8N2O3. The van der Waals surface area contributed by atoms with Gasteiger partial charge >= 0.3 is 5.69 Å². The van der Waals surface area contributed by atoms with Gasteiger partial charge in [0.05, 0.1) is 10.5 Å². The second-order valence-corrected chi connectivity index (χ2v) is 2.61. The average molecular weight is 180 g/mol. The third-order valence-corrected chi connectivity index (χ3v) is 1.78. The molecule has 0 fully saturated rings. The van der Waals surface area contributed by atoms with E-state index in [0.717, 1.165) is 0 Å². The van der Waals surface area contributed by atoms with Crippen molar-refractivity contribution in [2.75, 3.05) is 5.73 Å². The van der Waals surface area contributed by atoms with Crippen LogP contribution in [-0.2, 0) is 0 Å². The Kier molecular flexibility index (Phi) is 2.27. The smallest absolute Gasteiger partial charge is 0.302 e. The van der Waals surface area contributed by atoms with E-state index in [2.05, 4.69) is 0 Å². The molecule has 1 rings (SSSR count). The lowest BCUT2D eigenvalue weighted by atomic mass is 10.1.